The molecule has 0 fully saturated rings. The molecule has 0 aliphatic heterocycles. The van der Waals surface area contributed by atoms with Crippen molar-refractivity contribution >= 4 is 15.5 Å². The lowest BCUT2D eigenvalue weighted by Crippen LogP contribution is -2.29. The third-order valence-electron chi connectivity index (χ3n) is 4.51. The van der Waals surface area contributed by atoms with Crippen LogP contribution in [0.5, 0.6) is 0 Å². The van der Waals surface area contributed by atoms with Gasteiger partial charge in [-0.05, 0) is 36.6 Å². The average Bonchev–Trinajstić information content (AvgIpc) is 2.47. The Balaban J connectivity index is 5.13. The first-order valence-corrected chi connectivity index (χ1v) is 9.91. The molecule has 2 nitrogen and oxygen atoms in total. The van der Waals surface area contributed by atoms with Crippen LogP contribution in [0.1, 0.15) is 45.4 Å². The van der Waals surface area contributed by atoms with Crippen LogP contribution < -0.4 is 0 Å². The predicted molar refractivity (Wildman–Crippen MR) is 100 cm³/mol. The first-order valence-electron chi connectivity index (χ1n) is 8.21. The second kappa shape index (κ2) is 11.2. The van der Waals surface area contributed by atoms with Gasteiger partial charge >= 0.3 is 5.97 Å². The van der Waals surface area contributed by atoms with Crippen LogP contribution in [0.3, 0.4) is 0 Å². The van der Waals surface area contributed by atoms with E-state index in [0.29, 0.717) is 17.9 Å². The van der Waals surface area contributed by atoms with E-state index in [1.807, 2.05) is 18.2 Å². The van der Waals surface area contributed by atoms with Crippen LogP contribution in [0.15, 0.2) is 50.1 Å². The molecule has 1 atom stereocenters. The molecule has 0 aromatic carbocycles. The van der Waals surface area contributed by atoms with E-state index in [-0.39, 0.29) is 5.04 Å². The third-order valence-corrected chi connectivity index (χ3v) is 7.37. The Hall–Kier alpha value is -1.35. The van der Waals surface area contributed by atoms with E-state index in [2.05, 4.69) is 33.2 Å². The summed E-state index contributed by atoms with van der Waals surface area (Å²) in [6.07, 6.45) is 12.0. The summed E-state index contributed by atoms with van der Waals surface area (Å²) in [6.45, 7) is 17.7. The van der Waals surface area contributed by atoms with Crippen molar-refractivity contribution in [3.8, 4) is 0 Å². The molecule has 0 bridgehead atoms. The van der Waals surface area contributed by atoms with E-state index >= 15 is 0 Å². The maximum atomic E-state index is 10.9. The lowest BCUT2D eigenvalue weighted by atomic mass is 9.80. The zero-order chi connectivity index (χ0) is 17.0. The van der Waals surface area contributed by atoms with Gasteiger partial charge < -0.3 is 5.11 Å². The molecule has 0 saturated heterocycles. The van der Waals surface area contributed by atoms with Crippen molar-refractivity contribution in [3.05, 3.63) is 50.1 Å². The average molecular weight is 321 g/mol. The summed E-state index contributed by atoms with van der Waals surface area (Å²) in [7, 11) is -0.481. The number of aliphatic carboxylic acids is 1. The maximum absolute atomic E-state index is 10.9. The Kier molecular flexibility index (Phi) is 10.6. The fourth-order valence-corrected chi connectivity index (χ4v) is 6.29. The molecule has 0 heterocycles. The Labute approximate surface area is 138 Å². The van der Waals surface area contributed by atoms with Gasteiger partial charge in [0, 0.05) is 15.1 Å². The summed E-state index contributed by atoms with van der Waals surface area (Å²) < 4.78 is 0. The van der Waals surface area contributed by atoms with Crippen LogP contribution in [0.2, 0.25) is 11.1 Å². The maximum Gasteiger partial charge on any atom is 0.330 e. The molecule has 0 aromatic heterocycles. The third kappa shape index (κ3) is 6.61. The van der Waals surface area contributed by atoms with E-state index in [1.165, 1.54) is 6.42 Å². The van der Waals surface area contributed by atoms with Crippen molar-refractivity contribution in [2.45, 2.75) is 56.5 Å². The van der Waals surface area contributed by atoms with Crippen molar-refractivity contribution in [2.24, 2.45) is 5.92 Å². The second-order valence-electron chi connectivity index (χ2n) is 6.12. The number of carboxylic acids is 1. The molecular formula is C19H32O2Si. The van der Waals surface area contributed by atoms with Crippen molar-refractivity contribution in [2.75, 3.05) is 0 Å². The topological polar surface area (TPSA) is 37.3 Å². The van der Waals surface area contributed by atoms with Crippen LogP contribution in [0, 0.1) is 5.92 Å². The monoisotopic (exact) mass is 320 g/mol. The Morgan fingerprint density at radius 1 is 1.23 bits per heavy atom. The summed E-state index contributed by atoms with van der Waals surface area (Å²) in [5.41, 5.74) is 0.328. The Morgan fingerprint density at radius 3 is 2.23 bits per heavy atom. The summed E-state index contributed by atoms with van der Waals surface area (Å²) in [5, 5.41) is 9.21. The summed E-state index contributed by atoms with van der Waals surface area (Å²) in [6, 6.07) is 0.976. The van der Waals surface area contributed by atoms with Crippen molar-refractivity contribution < 1.29 is 9.90 Å². The van der Waals surface area contributed by atoms with Gasteiger partial charge in [0.2, 0.25) is 0 Å². The Morgan fingerprint density at radius 2 is 1.82 bits per heavy atom. The molecule has 0 aliphatic rings. The summed E-state index contributed by atoms with van der Waals surface area (Å²) in [4.78, 5) is 10.9. The molecule has 0 aromatic rings. The van der Waals surface area contributed by atoms with Gasteiger partial charge in [-0.3, -0.25) is 0 Å². The standard InChI is InChI=1S/C19H32O2Si/c1-6-10-17(11-7-2)19(13-8-3,14-9-4)22-15-12-16(5)18(20)21/h6,8-9,17H,1,3-5,7,10-15,22H2,2H3,(H,20,21). The van der Waals surface area contributed by atoms with Gasteiger partial charge in [0.25, 0.3) is 0 Å². The van der Waals surface area contributed by atoms with Crippen LogP contribution in [-0.2, 0) is 4.79 Å². The lowest BCUT2D eigenvalue weighted by molar-refractivity contribution is -0.132. The van der Waals surface area contributed by atoms with E-state index in [0.717, 1.165) is 31.7 Å². The molecule has 1 unspecified atom stereocenters. The van der Waals surface area contributed by atoms with Gasteiger partial charge in [0.05, 0.1) is 0 Å². The van der Waals surface area contributed by atoms with Gasteiger partial charge in [0.1, 0.15) is 0 Å². The summed E-state index contributed by atoms with van der Waals surface area (Å²) in [5.74, 6) is -0.279. The molecule has 1 N–H and O–H groups in total. The highest BCUT2D eigenvalue weighted by atomic mass is 28.2. The molecule has 124 valence electrons. The molecule has 0 spiro atoms. The first-order chi connectivity index (χ1) is 10.5. The zero-order valence-corrected chi connectivity index (χ0v) is 15.6. The lowest BCUT2D eigenvalue weighted by Gasteiger charge is -2.40. The van der Waals surface area contributed by atoms with Crippen molar-refractivity contribution in [1.29, 1.82) is 0 Å². The fraction of sp³-hybridized carbons (Fsp3) is 0.526. The first kappa shape index (κ1) is 20.6. The number of allylic oxidation sites excluding steroid dienone is 3. The van der Waals surface area contributed by atoms with Gasteiger partial charge in [0.15, 0.2) is 0 Å². The predicted octanol–water partition coefficient (Wildman–Crippen LogP) is 4.91. The highest BCUT2D eigenvalue weighted by molar-refractivity contribution is 6.40. The van der Waals surface area contributed by atoms with E-state index in [9.17, 15) is 4.79 Å². The van der Waals surface area contributed by atoms with E-state index in [1.54, 1.807) is 0 Å². The van der Waals surface area contributed by atoms with Gasteiger partial charge in [-0.1, -0.05) is 50.6 Å². The molecule has 0 aliphatic carbocycles. The van der Waals surface area contributed by atoms with Crippen LogP contribution >= 0.6 is 0 Å². The normalized spacial score (nSPS) is 13.0. The van der Waals surface area contributed by atoms with Crippen molar-refractivity contribution in [1.82, 2.24) is 0 Å². The zero-order valence-electron chi connectivity index (χ0n) is 14.2. The quantitative estimate of drug-likeness (QED) is 0.280. The number of carbonyl (C=O) groups is 1. The van der Waals surface area contributed by atoms with Gasteiger partial charge in [-0.2, -0.15) is 0 Å². The van der Waals surface area contributed by atoms with Crippen LogP contribution in [-0.4, -0.2) is 20.6 Å². The van der Waals surface area contributed by atoms with E-state index < -0.39 is 15.5 Å². The smallest absolute Gasteiger partial charge is 0.330 e. The minimum Gasteiger partial charge on any atom is -0.478 e. The number of rotatable bonds is 14. The fourth-order valence-electron chi connectivity index (χ4n) is 3.38. The van der Waals surface area contributed by atoms with Crippen molar-refractivity contribution in [3.63, 3.8) is 0 Å². The summed E-state index contributed by atoms with van der Waals surface area (Å²) >= 11 is 0. The molecule has 0 amide bonds. The van der Waals surface area contributed by atoms with Crippen LogP contribution in [0.25, 0.3) is 0 Å². The molecule has 0 saturated carbocycles. The highest BCUT2D eigenvalue weighted by Gasteiger charge is 2.35. The highest BCUT2D eigenvalue weighted by Crippen LogP contribution is 2.48. The Bertz CT molecular complexity index is 388. The molecule has 3 heteroatoms. The van der Waals surface area contributed by atoms with Gasteiger partial charge in [-0.25, -0.2) is 4.79 Å². The SMILES string of the molecule is C=CCC(CCC)C(CC=C)(CC=C)[SiH2]CCC(=C)C(=O)O. The molecule has 0 radical (unpaired) electrons. The largest absolute Gasteiger partial charge is 0.478 e. The molecule has 22 heavy (non-hydrogen) atoms. The molecular weight excluding hydrogens is 288 g/mol. The number of carboxylic acid groups (broad SMARTS) is 1. The van der Waals surface area contributed by atoms with Gasteiger partial charge in [-0.15, -0.1) is 19.7 Å². The van der Waals surface area contributed by atoms with E-state index in [4.69, 9.17) is 5.11 Å². The number of hydrogen-bond donors (Lipinski definition) is 1. The number of hydrogen-bond acceptors (Lipinski definition) is 1. The minimum absolute atomic E-state index is 0.243. The van der Waals surface area contributed by atoms with Crippen LogP contribution in [0.4, 0.5) is 0 Å². The minimum atomic E-state index is -0.872. The second-order valence-corrected chi connectivity index (χ2v) is 8.74. The molecule has 0 rings (SSSR count).